The van der Waals surface area contributed by atoms with Crippen LogP contribution < -0.4 is 10.1 Å². The van der Waals surface area contributed by atoms with Crippen LogP contribution >= 0.6 is 0 Å². The molecule has 0 aliphatic rings. The first-order valence-corrected chi connectivity index (χ1v) is 8.03. The monoisotopic (exact) mass is 325 g/mol. The quantitative estimate of drug-likeness (QED) is 0.841. The minimum atomic E-state index is -0.187. The van der Waals surface area contributed by atoms with Crippen molar-refractivity contribution in [3.63, 3.8) is 0 Å². The largest absolute Gasteiger partial charge is 0.484 e. The number of carbonyl (C=O) groups excluding carboxylic acids is 2. The van der Waals surface area contributed by atoms with Gasteiger partial charge in [-0.15, -0.1) is 0 Å². The van der Waals surface area contributed by atoms with Crippen LogP contribution in [0.25, 0.3) is 0 Å². The molecule has 0 radical (unpaired) electrons. The summed E-state index contributed by atoms with van der Waals surface area (Å²) in [6, 6.07) is 13.4. The van der Waals surface area contributed by atoms with Crippen LogP contribution in [0.1, 0.15) is 30.0 Å². The number of nitrogens with one attached hydrogen (secondary N) is 1. The number of Topliss-reactive ketones (excluding diaryl/α,β-unsaturated/α-hetero) is 1. The molecule has 0 aliphatic carbocycles. The van der Waals surface area contributed by atoms with E-state index in [-0.39, 0.29) is 18.3 Å². The summed E-state index contributed by atoms with van der Waals surface area (Å²) in [5, 5.41) is 2.89. The third-order valence-electron chi connectivity index (χ3n) is 3.80. The lowest BCUT2D eigenvalue weighted by Gasteiger charge is -2.12. The van der Waals surface area contributed by atoms with Crippen LogP contribution in [-0.4, -0.2) is 18.3 Å². The van der Waals surface area contributed by atoms with Gasteiger partial charge in [-0.2, -0.15) is 0 Å². The van der Waals surface area contributed by atoms with Crippen molar-refractivity contribution in [3.8, 4) is 5.75 Å². The molecular weight excluding hydrogens is 302 g/mol. The van der Waals surface area contributed by atoms with Crippen molar-refractivity contribution in [3.05, 3.63) is 59.2 Å². The molecule has 4 nitrogen and oxygen atoms in total. The Balaban J connectivity index is 1.86. The number of ketones is 1. The van der Waals surface area contributed by atoms with Crippen LogP contribution in [0, 0.1) is 13.8 Å². The summed E-state index contributed by atoms with van der Waals surface area (Å²) < 4.78 is 5.52. The van der Waals surface area contributed by atoms with Crippen molar-refractivity contribution in [2.75, 3.05) is 11.9 Å². The lowest BCUT2D eigenvalue weighted by Crippen LogP contribution is -2.21. The Bertz CT molecular complexity index is 700. The molecule has 2 rings (SSSR count). The van der Waals surface area contributed by atoms with E-state index in [1.807, 2.05) is 56.3 Å². The third kappa shape index (κ3) is 5.23. The molecule has 0 heterocycles. The molecule has 0 fully saturated rings. The van der Waals surface area contributed by atoms with Crippen LogP contribution in [-0.2, 0) is 16.0 Å². The summed E-state index contributed by atoms with van der Waals surface area (Å²) in [7, 11) is 0. The van der Waals surface area contributed by atoms with Crippen molar-refractivity contribution in [2.24, 2.45) is 0 Å². The number of amides is 1. The molecule has 0 bridgehead atoms. The summed E-state index contributed by atoms with van der Waals surface area (Å²) in [6.07, 6.45) is 1.26. The van der Waals surface area contributed by atoms with Crippen LogP contribution in [0.2, 0.25) is 0 Å². The molecule has 0 atom stereocenters. The van der Waals surface area contributed by atoms with Gasteiger partial charge in [0.1, 0.15) is 11.5 Å². The number of hydrogen-bond donors (Lipinski definition) is 1. The van der Waals surface area contributed by atoms with Gasteiger partial charge in [-0.3, -0.25) is 4.79 Å². The number of para-hydroxylation sites is 1. The molecule has 0 unspecified atom stereocenters. The molecule has 0 spiro atoms. The molecule has 1 amide bonds. The molecule has 0 aromatic heterocycles. The summed E-state index contributed by atoms with van der Waals surface area (Å²) >= 11 is 0. The Morgan fingerprint density at radius 2 is 1.62 bits per heavy atom. The Hall–Kier alpha value is -2.62. The molecule has 126 valence electrons. The van der Waals surface area contributed by atoms with Crippen molar-refractivity contribution >= 4 is 17.4 Å². The predicted molar refractivity (Wildman–Crippen MR) is 95.5 cm³/mol. The van der Waals surface area contributed by atoms with E-state index in [0.717, 1.165) is 28.8 Å². The Morgan fingerprint density at radius 3 is 2.21 bits per heavy atom. The van der Waals surface area contributed by atoms with Gasteiger partial charge in [0, 0.05) is 12.1 Å². The minimum absolute atomic E-state index is 0.0411. The molecule has 2 aromatic rings. The molecule has 24 heavy (non-hydrogen) atoms. The van der Waals surface area contributed by atoms with Crippen molar-refractivity contribution in [2.45, 2.75) is 33.6 Å². The summed E-state index contributed by atoms with van der Waals surface area (Å²) in [5.41, 5.74) is 3.97. The molecule has 0 saturated heterocycles. The van der Waals surface area contributed by atoms with Crippen molar-refractivity contribution in [1.82, 2.24) is 0 Å². The second-order valence-corrected chi connectivity index (χ2v) is 5.95. The normalized spacial score (nSPS) is 10.3. The fourth-order valence-corrected chi connectivity index (χ4v) is 2.41. The first-order chi connectivity index (χ1) is 11.5. The van der Waals surface area contributed by atoms with Gasteiger partial charge in [-0.05, 0) is 56.0 Å². The van der Waals surface area contributed by atoms with E-state index in [9.17, 15) is 9.59 Å². The number of anilines is 1. The van der Waals surface area contributed by atoms with Crippen LogP contribution in [0.5, 0.6) is 5.75 Å². The maximum atomic E-state index is 12.1. The van der Waals surface area contributed by atoms with Gasteiger partial charge >= 0.3 is 0 Å². The highest BCUT2D eigenvalue weighted by molar-refractivity contribution is 5.93. The third-order valence-corrected chi connectivity index (χ3v) is 3.80. The summed E-state index contributed by atoms with van der Waals surface area (Å²) in [5.74, 6) is 0.629. The fraction of sp³-hybridized carbons (Fsp3) is 0.300. The topological polar surface area (TPSA) is 55.4 Å². The van der Waals surface area contributed by atoms with Gasteiger partial charge < -0.3 is 14.8 Å². The van der Waals surface area contributed by atoms with Gasteiger partial charge in [0.2, 0.25) is 0 Å². The van der Waals surface area contributed by atoms with E-state index in [0.29, 0.717) is 12.2 Å². The SMILES string of the molecule is CC(=O)CCc1ccc(OCC(=O)Nc2c(C)cccc2C)cc1. The molecular formula is C20H23NO3. The number of hydrogen-bond acceptors (Lipinski definition) is 3. The van der Waals surface area contributed by atoms with E-state index in [4.69, 9.17) is 4.74 Å². The van der Waals surface area contributed by atoms with Crippen LogP contribution in [0.4, 0.5) is 5.69 Å². The maximum absolute atomic E-state index is 12.1. The molecule has 0 saturated carbocycles. The Kier molecular flexibility index (Phi) is 6.13. The molecule has 0 aliphatic heterocycles. The van der Waals surface area contributed by atoms with E-state index < -0.39 is 0 Å². The maximum Gasteiger partial charge on any atom is 0.262 e. The fourth-order valence-electron chi connectivity index (χ4n) is 2.41. The average molecular weight is 325 g/mol. The highest BCUT2D eigenvalue weighted by atomic mass is 16.5. The van der Waals surface area contributed by atoms with E-state index in [1.165, 1.54) is 0 Å². The smallest absolute Gasteiger partial charge is 0.262 e. The van der Waals surface area contributed by atoms with E-state index >= 15 is 0 Å². The molecule has 4 heteroatoms. The predicted octanol–water partition coefficient (Wildman–Crippen LogP) is 3.84. The van der Waals surface area contributed by atoms with E-state index in [1.54, 1.807) is 6.92 Å². The highest BCUT2D eigenvalue weighted by Gasteiger charge is 2.08. The molecule has 1 N–H and O–H groups in total. The van der Waals surface area contributed by atoms with Gasteiger partial charge in [-0.25, -0.2) is 0 Å². The van der Waals surface area contributed by atoms with Gasteiger partial charge in [0.25, 0.3) is 5.91 Å². The molecule has 2 aromatic carbocycles. The first kappa shape index (κ1) is 17.7. The zero-order chi connectivity index (χ0) is 17.5. The van der Waals surface area contributed by atoms with Crippen molar-refractivity contribution < 1.29 is 14.3 Å². The number of aryl methyl sites for hydroxylation is 3. The van der Waals surface area contributed by atoms with Gasteiger partial charge in [0.05, 0.1) is 0 Å². The van der Waals surface area contributed by atoms with Gasteiger partial charge in [0.15, 0.2) is 6.61 Å². The summed E-state index contributed by atoms with van der Waals surface area (Å²) in [6.45, 7) is 5.47. The average Bonchev–Trinajstić information content (AvgIpc) is 2.55. The zero-order valence-corrected chi connectivity index (χ0v) is 14.4. The Labute approximate surface area is 142 Å². The second kappa shape index (κ2) is 8.29. The Morgan fingerprint density at radius 1 is 1.00 bits per heavy atom. The second-order valence-electron chi connectivity index (χ2n) is 5.95. The van der Waals surface area contributed by atoms with Crippen LogP contribution in [0.15, 0.2) is 42.5 Å². The first-order valence-electron chi connectivity index (χ1n) is 8.03. The minimum Gasteiger partial charge on any atom is -0.484 e. The number of carbonyl (C=O) groups is 2. The number of rotatable bonds is 7. The lowest BCUT2D eigenvalue weighted by atomic mass is 10.1. The van der Waals surface area contributed by atoms with E-state index in [2.05, 4.69) is 5.32 Å². The summed E-state index contributed by atoms with van der Waals surface area (Å²) in [4.78, 5) is 23.1. The lowest BCUT2D eigenvalue weighted by molar-refractivity contribution is -0.118. The number of benzene rings is 2. The van der Waals surface area contributed by atoms with Crippen molar-refractivity contribution in [1.29, 1.82) is 0 Å². The standard InChI is InChI=1S/C20H23NO3/c1-14-5-4-6-15(2)20(14)21-19(23)13-24-18-11-9-17(10-12-18)8-7-16(3)22/h4-6,9-12H,7-8,13H2,1-3H3,(H,21,23). The number of ether oxygens (including phenoxy) is 1. The van der Waals surface area contributed by atoms with Crippen LogP contribution in [0.3, 0.4) is 0 Å². The zero-order valence-electron chi connectivity index (χ0n) is 14.4. The highest BCUT2D eigenvalue weighted by Crippen LogP contribution is 2.19. The van der Waals surface area contributed by atoms with Gasteiger partial charge in [-0.1, -0.05) is 30.3 Å².